The molecule has 0 aromatic heterocycles. The largest absolute Gasteiger partial charge is 0.410 e. The van der Waals surface area contributed by atoms with Gasteiger partial charge in [0.05, 0.1) is 4.90 Å². The van der Waals surface area contributed by atoms with Crippen molar-refractivity contribution in [3.8, 4) is 0 Å². The van der Waals surface area contributed by atoms with Crippen LogP contribution in [0.3, 0.4) is 0 Å². The molecule has 0 saturated heterocycles. The molecule has 1 amide bonds. The third kappa shape index (κ3) is 5.59. The number of halogens is 3. The van der Waals surface area contributed by atoms with Crippen LogP contribution in [0.2, 0.25) is 0 Å². The van der Waals surface area contributed by atoms with Gasteiger partial charge >= 0.3 is 6.18 Å². The normalized spacial score (nSPS) is 17.4. The van der Waals surface area contributed by atoms with Crippen molar-refractivity contribution in [3.63, 3.8) is 0 Å². The van der Waals surface area contributed by atoms with Crippen LogP contribution in [0.5, 0.6) is 0 Å². The predicted octanol–water partition coefficient (Wildman–Crippen LogP) is 3.87. The topological polar surface area (TPSA) is 63.2 Å². The van der Waals surface area contributed by atoms with E-state index in [1.165, 1.54) is 12.1 Å². The minimum Gasteiger partial charge on any atom is -0.269 e. The average Bonchev–Trinajstić information content (AvgIpc) is 2.52. The van der Waals surface area contributed by atoms with Crippen molar-refractivity contribution in [1.82, 2.24) is 4.72 Å². The number of amides is 1. The van der Waals surface area contributed by atoms with Crippen molar-refractivity contribution in [2.45, 2.75) is 50.1 Å². The van der Waals surface area contributed by atoms with E-state index < -0.39 is 33.6 Å². The van der Waals surface area contributed by atoms with E-state index in [-0.39, 0.29) is 11.0 Å². The number of hydrogen-bond donors (Lipinski definition) is 1. The Morgan fingerprint density at radius 1 is 1.12 bits per heavy atom. The van der Waals surface area contributed by atoms with E-state index in [4.69, 9.17) is 0 Å². The number of sulfonamides is 1. The number of hydrogen-bond acceptors (Lipinski definition) is 3. The second-order valence-electron chi connectivity index (χ2n) is 6.22. The van der Waals surface area contributed by atoms with E-state index in [1.54, 1.807) is 23.8 Å². The molecule has 0 atom stereocenters. The van der Waals surface area contributed by atoms with Gasteiger partial charge in [0, 0.05) is 11.6 Å². The number of allylic oxidation sites excluding steroid dienone is 1. The van der Waals surface area contributed by atoms with Gasteiger partial charge in [-0.25, -0.2) is 13.1 Å². The van der Waals surface area contributed by atoms with E-state index in [0.29, 0.717) is 12.8 Å². The van der Waals surface area contributed by atoms with Crippen LogP contribution in [0, 0.1) is 12.8 Å². The summed E-state index contributed by atoms with van der Waals surface area (Å²) < 4.78 is 64.8. The molecule has 25 heavy (non-hydrogen) atoms. The summed E-state index contributed by atoms with van der Waals surface area (Å²) in [7, 11) is -4.22. The molecule has 1 saturated carbocycles. The Morgan fingerprint density at radius 3 is 2.20 bits per heavy atom. The maximum Gasteiger partial charge on any atom is 0.410 e. The van der Waals surface area contributed by atoms with E-state index in [1.807, 2.05) is 0 Å². The van der Waals surface area contributed by atoms with Gasteiger partial charge in [-0.15, -0.1) is 0 Å². The third-order valence-electron chi connectivity index (χ3n) is 4.18. The van der Waals surface area contributed by atoms with Gasteiger partial charge in [-0.05, 0) is 37.8 Å². The average molecular weight is 375 g/mol. The Bertz CT molecular complexity index is 746. The highest BCUT2D eigenvalue weighted by atomic mass is 32.2. The van der Waals surface area contributed by atoms with E-state index in [9.17, 15) is 26.4 Å². The molecule has 1 fully saturated rings. The summed E-state index contributed by atoms with van der Waals surface area (Å²) in [6, 6.07) is 5.71. The van der Waals surface area contributed by atoms with Crippen molar-refractivity contribution in [3.05, 3.63) is 41.5 Å². The first kappa shape index (κ1) is 19.5. The molecule has 0 heterocycles. The Balaban J connectivity index is 2.27. The van der Waals surface area contributed by atoms with Crippen LogP contribution in [0.15, 0.2) is 40.8 Å². The summed E-state index contributed by atoms with van der Waals surface area (Å²) >= 11 is 0. The first-order valence-electron chi connectivity index (χ1n) is 8.02. The lowest BCUT2D eigenvalue weighted by atomic mass is 9.83. The number of aryl methyl sites for hydroxylation is 1. The van der Waals surface area contributed by atoms with Crippen LogP contribution in [-0.4, -0.2) is 20.5 Å². The molecule has 0 aliphatic heterocycles. The zero-order chi connectivity index (χ0) is 18.7. The standard InChI is InChI=1S/C17H20F3NO3S/c1-12-7-9-14(10-8-12)25(23,24)21-16(22)15(11-17(18,19)20)13-5-3-2-4-6-13/h7-11,13H,2-6H2,1H3,(H,21,22)/b15-11-. The third-order valence-corrected chi connectivity index (χ3v) is 5.53. The highest BCUT2D eigenvalue weighted by Crippen LogP contribution is 2.32. The first-order chi connectivity index (χ1) is 11.6. The van der Waals surface area contributed by atoms with Gasteiger partial charge in [0.2, 0.25) is 0 Å². The minimum atomic E-state index is -4.68. The number of nitrogens with one attached hydrogen (secondary N) is 1. The van der Waals surface area contributed by atoms with E-state index in [0.717, 1.165) is 24.8 Å². The summed E-state index contributed by atoms with van der Waals surface area (Å²) in [5.74, 6) is -1.78. The van der Waals surface area contributed by atoms with Gasteiger partial charge < -0.3 is 0 Å². The second kappa shape index (κ2) is 7.59. The van der Waals surface area contributed by atoms with Crippen molar-refractivity contribution in [1.29, 1.82) is 0 Å². The summed E-state index contributed by atoms with van der Waals surface area (Å²) in [6.07, 6.45) is -1.52. The fourth-order valence-electron chi connectivity index (χ4n) is 2.92. The van der Waals surface area contributed by atoms with Crippen molar-refractivity contribution >= 4 is 15.9 Å². The molecule has 1 aromatic carbocycles. The number of carbonyl (C=O) groups is 1. The van der Waals surface area contributed by atoms with Crippen LogP contribution in [0.1, 0.15) is 37.7 Å². The molecular weight excluding hydrogens is 355 g/mol. The molecular formula is C17H20F3NO3S. The van der Waals surface area contributed by atoms with E-state index >= 15 is 0 Å². The molecule has 4 nitrogen and oxygen atoms in total. The molecule has 0 unspecified atom stereocenters. The minimum absolute atomic E-state index is 0.0665. The van der Waals surface area contributed by atoms with Gasteiger partial charge in [-0.2, -0.15) is 13.2 Å². The van der Waals surface area contributed by atoms with Crippen LogP contribution in [-0.2, 0) is 14.8 Å². The van der Waals surface area contributed by atoms with Crippen molar-refractivity contribution < 1.29 is 26.4 Å². The summed E-state index contributed by atoms with van der Waals surface area (Å²) in [5, 5.41) is 0. The van der Waals surface area contributed by atoms with Crippen molar-refractivity contribution in [2.75, 3.05) is 0 Å². The number of carbonyl (C=O) groups excluding carboxylic acids is 1. The molecule has 2 rings (SSSR count). The molecule has 1 aromatic rings. The highest BCUT2D eigenvalue weighted by molar-refractivity contribution is 7.90. The molecule has 138 valence electrons. The lowest BCUT2D eigenvalue weighted by Gasteiger charge is -2.24. The fourth-order valence-corrected chi connectivity index (χ4v) is 3.89. The Kier molecular flexibility index (Phi) is 5.92. The molecule has 8 heteroatoms. The Morgan fingerprint density at radius 2 is 1.68 bits per heavy atom. The molecule has 1 aliphatic rings. The molecule has 1 aliphatic carbocycles. The maximum absolute atomic E-state index is 12.8. The lowest BCUT2D eigenvalue weighted by molar-refractivity contribution is -0.117. The van der Waals surface area contributed by atoms with Crippen molar-refractivity contribution in [2.24, 2.45) is 5.92 Å². The monoisotopic (exact) mass is 375 g/mol. The SMILES string of the molecule is Cc1ccc(S(=O)(=O)NC(=O)/C(=C\C(F)(F)F)C2CCCCC2)cc1. The Labute approximate surface area is 145 Å². The maximum atomic E-state index is 12.8. The van der Waals surface area contributed by atoms with Crippen LogP contribution >= 0.6 is 0 Å². The summed E-state index contributed by atoms with van der Waals surface area (Å²) in [4.78, 5) is 12.2. The highest BCUT2D eigenvalue weighted by Gasteiger charge is 2.33. The number of rotatable bonds is 4. The van der Waals surface area contributed by atoms with Gasteiger partial charge in [0.25, 0.3) is 15.9 Å². The van der Waals surface area contributed by atoms with Crippen LogP contribution in [0.25, 0.3) is 0 Å². The van der Waals surface area contributed by atoms with Gasteiger partial charge in [0.1, 0.15) is 0 Å². The zero-order valence-corrected chi connectivity index (χ0v) is 14.6. The molecule has 0 bridgehead atoms. The number of benzene rings is 1. The molecule has 0 spiro atoms. The van der Waals surface area contributed by atoms with Crippen LogP contribution in [0.4, 0.5) is 13.2 Å². The lowest BCUT2D eigenvalue weighted by Crippen LogP contribution is -2.35. The summed E-state index contributed by atoms with van der Waals surface area (Å²) in [5.41, 5.74) is 0.313. The predicted molar refractivity (Wildman–Crippen MR) is 87.2 cm³/mol. The zero-order valence-electron chi connectivity index (χ0n) is 13.8. The van der Waals surface area contributed by atoms with Crippen LogP contribution < -0.4 is 4.72 Å². The second-order valence-corrected chi connectivity index (χ2v) is 7.91. The van der Waals surface area contributed by atoms with E-state index in [2.05, 4.69) is 0 Å². The smallest absolute Gasteiger partial charge is 0.269 e. The first-order valence-corrected chi connectivity index (χ1v) is 9.50. The van der Waals surface area contributed by atoms with Gasteiger partial charge in [0.15, 0.2) is 0 Å². The van der Waals surface area contributed by atoms with Gasteiger partial charge in [-0.1, -0.05) is 37.0 Å². The number of alkyl halides is 3. The summed E-state index contributed by atoms with van der Waals surface area (Å²) in [6.45, 7) is 1.77. The quantitative estimate of drug-likeness (QED) is 0.813. The van der Waals surface area contributed by atoms with Gasteiger partial charge in [-0.3, -0.25) is 4.79 Å². The molecule has 1 N–H and O–H groups in total. The molecule has 0 radical (unpaired) electrons. The Hall–Kier alpha value is -1.83. The fraction of sp³-hybridized carbons (Fsp3) is 0.471.